The molecule has 11 heteroatoms. The monoisotopic (exact) mass is 622 g/mol. The van der Waals surface area contributed by atoms with E-state index in [2.05, 4.69) is 17.2 Å². The Morgan fingerprint density at radius 2 is 1.29 bits per heavy atom. The molecule has 1 aromatic heterocycles. The molecule has 1 N–H and O–H groups in total. The van der Waals surface area contributed by atoms with Gasteiger partial charge in [0.1, 0.15) is 0 Å². The molecule has 0 fully saturated rings. The Labute approximate surface area is 260 Å². The van der Waals surface area contributed by atoms with Crippen LogP contribution in [-0.2, 0) is 19.0 Å². The first kappa shape index (κ1) is 29.1. The average molecular weight is 623 g/mol. The number of amides is 2. The van der Waals surface area contributed by atoms with E-state index in [-0.39, 0.29) is 61.5 Å². The van der Waals surface area contributed by atoms with Gasteiger partial charge in [0, 0.05) is 28.1 Å². The van der Waals surface area contributed by atoms with Crippen LogP contribution in [0.5, 0.6) is 0 Å². The van der Waals surface area contributed by atoms with Crippen molar-refractivity contribution in [2.45, 2.75) is 6.42 Å². The summed E-state index contributed by atoms with van der Waals surface area (Å²) in [4.78, 5) is 69.0. The van der Waals surface area contributed by atoms with Crippen LogP contribution in [-0.4, -0.2) is 79.0 Å². The molecular weight excluding hydrogens is 596 g/mol. The number of nitrogens with zero attached hydrogens (tertiary/aromatic N) is 1. The number of rotatable bonds is 13. The predicted molar refractivity (Wildman–Crippen MR) is 174 cm³/mol. The molecule has 0 saturated heterocycles. The number of aromatic amines is 1. The maximum atomic E-state index is 14.0. The number of carbonyl (C=O) groups excluding carboxylic acids is 3. The summed E-state index contributed by atoms with van der Waals surface area (Å²) in [5.41, 5.74) is -0.868. The largest absolute Gasteiger partial charge is 0.379 e. The van der Waals surface area contributed by atoms with Gasteiger partial charge in [-0.1, -0.05) is 54.7 Å². The van der Waals surface area contributed by atoms with Crippen LogP contribution in [0.2, 0.25) is 0 Å². The maximum absolute atomic E-state index is 14.0. The number of fused-ring (bicyclic) bond motifs is 5. The molecule has 10 nitrogen and oxygen atoms in total. The smallest absolute Gasteiger partial charge is 0.262 e. The van der Waals surface area contributed by atoms with E-state index in [9.17, 15) is 24.0 Å². The lowest BCUT2D eigenvalue weighted by atomic mass is 9.82. The number of hydrogen-bond donors (Lipinski definition) is 1. The van der Waals surface area contributed by atoms with E-state index in [0.29, 0.717) is 34.9 Å². The molecule has 6 aromatic rings. The predicted octanol–water partition coefficient (Wildman–Crippen LogP) is 3.98. The van der Waals surface area contributed by atoms with Crippen molar-refractivity contribution < 1.29 is 28.6 Å². The van der Waals surface area contributed by atoms with Crippen molar-refractivity contribution in [3.05, 3.63) is 80.4 Å². The van der Waals surface area contributed by atoms with Crippen LogP contribution in [0.3, 0.4) is 0 Å². The zero-order chi connectivity index (χ0) is 31.2. The van der Waals surface area contributed by atoms with Gasteiger partial charge in [0.2, 0.25) is 0 Å². The molecule has 2 amide bonds. The number of ether oxygens (including phenoxy) is 3. The van der Waals surface area contributed by atoms with Gasteiger partial charge in [-0.25, -0.2) is 0 Å². The topological polar surface area (TPSA) is 132 Å². The van der Waals surface area contributed by atoms with Crippen molar-refractivity contribution in [3.8, 4) is 0 Å². The molecule has 226 valence electrons. The summed E-state index contributed by atoms with van der Waals surface area (Å²) < 4.78 is 16.4. The lowest BCUT2D eigenvalue weighted by molar-refractivity contribution is -0.113. The average Bonchev–Trinajstić information content (AvgIpc) is 3.35. The summed E-state index contributed by atoms with van der Waals surface area (Å²) in [7, 11) is 0. The van der Waals surface area contributed by atoms with Crippen LogP contribution in [0, 0.1) is 0 Å². The van der Waals surface area contributed by atoms with Crippen molar-refractivity contribution in [2.75, 3.05) is 46.2 Å². The van der Waals surface area contributed by atoms with Crippen molar-refractivity contribution >= 4 is 89.0 Å². The Bertz CT molecular complexity index is 2290. The molecule has 5 aromatic carbocycles. The molecule has 0 radical (unpaired) electrons. The van der Waals surface area contributed by atoms with Crippen LogP contribution in [0.4, 0.5) is 0 Å². The van der Waals surface area contributed by atoms with Gasteiger partial charge in [0.15, 0.2) is 5.78 Å². The number of carbonyl (C=O) groups is 3. The molecule has 1 aliphatic heterocycles. The number of Topliss-reactive ketones (excluding diaryl/α,β-unsaturated/α-hetero) is 1. The third-order valence-electron chi connectivity index (χ3n) is 8.36. The summed E-state index contributed by atoms with van der Waals surface area (Å²) in [5.74, 6) is -1.28. The van der Waals surface area contributed by atoms with E-state index in [0.717, 1.165) is 37.2 Å². The molecule has 0 unspecified atom stereocenters. The molecule has 0 atom stereocenters. The zero-order valence-corrected chi connectivity index (χ0v) is 24.8. The van der Waals surface area contributed by atoms with Gasteiger partial charge in [0.25, 0.3) is 22.9 Å². The minimum Gasteiger partial charge on any atom is -0.379 e. The minimum atomic E-state index is -0.657. The number of aromatic nitrogens is 1. The lowest BCUT2D eigenvalue weighted by Crippen LogP contribution is -2.42. The summed E-state index contributed by atoms with van der Waals surface area (Å²) in [6, 6.07) is 15.3. The van der Waals surface area contributed by atoms with Crippen LogP contribution < -0.4 is 11.1 Å². The van der Waals surface area contributed by atoms with Gasteiger partial charge < -0.3 is 14.2 Å². The fourth-order valence-electron chi connectivity index (χ4n) is 6.47. The number of nitrogens with one attached hydrogen (secondary N) is 1. The molecule has 7 rings (SSSR count). The van der Waals surface area contributed by atoms with Gasteiger partial charge >= 0.3 is 0 Å². The van der Waals surface area contributed by atoms with E-state index in [1.165, 1.54) is 0 Å². The second kappa shape index (κ2) is 11.7. The van der Waals surface area contributed by atoms with Crippen molar-refractivity contribution in [2.24, 2.45) is 0 Å². The highest BCUT2D eigenvalue weighted by Crippen LogP contribution is 2.46. The highest BCUT2D eigenvalue weighted by atomic mass is 32.1. The van der Waals surface area contributed by atoms with E-state index in [1.54, 1.807) is 6.07 Å². The molecule has 0 aliphatic carbocycles. The maximum Gasteiger partial charge on any atom is 0.262 e. The van der Waals surface area contributed by atoms with E-state index in [4.69, 9.17) is 14.2 Å². The number of ketones is 1. The molecule has 45 heavy (non-hydrogen) atoms. The first-order chi connectivity index (χ1) is 21.9. The van der Waals surface area contributed by atoms with E-state index < -0.39 is 22.9 Å². The zero-order valence-electron chi connectivity index (χ0n) is 24.0. The summed E-state index contributed by atoms with van der Waals surface area (Å²) in [5, 5.41) is 7.30. The standard InChI is InChI=1S/C34H26N2O8S/c37-19(17-45)9-11-42-13-15-44-16-14-43-12-10-36-33(40)23-8-7-21-20-5-1-3-18-4-2-6-22(24(18)20)26-25(21)27(23)30(34(36)41)29-28(26)31(38)35-32(29)39/h1-8,17H,9-16H2,(H,35,38,39). The SMILES string of the molecule is O=C(C=S)CCOCCOCCOCCN1C(=O)c2ccc3c4cccc5cccc(c54)c4c5c(=O)[nH]c(=O)c5c(c2c34)C1=O. The third-order valence-corrected chi connectivity index (χ3v) is 8.63. The second-order valence-corrected chi connectivity index (χ2v) is 11.1. The molecule has 0 bridgehead atoms. The molecule has 1 aliphatic rings. The highest BCUT2D eigenvalue weighted by molar-refractivity contribution is 7.80. The van der Waals surface area contributed by atoms with Gasteiger partial charge in [-0.3, -0.25) is 33.9 Å². The first-order valence-corrected chi connectivity index (χ1v) is 15.0. The van der Waals surface area contributed by atoms with E-state index >= 15 is 0 Å². The molecule has 0 saturated carbocycles. The van der Waals surface area contributed by atoms with Gasteiger partial charge in [-0.05, 0) is 38.4 Å². The lowest BCUT2D eigenvalue weighted by Gasteiger charge is -2.29. The van der Waals surface area contributed by atoms with Crippen molar-refractivity contribution in [1.29, 1.82) is 0 Å². The fraction of sp³-hybridized carbons (Fsp3) is 0.235. The third kappa shape index (κ3) is 4.67. The first-order valence-electron chi connectivity index (χ1n) is 14.5. The fourth-order valence-corrected chi connectivity index (χ4v) is 6.59. The molecular formula is C34H26N2O8S. The van der Waals surface area contributed by atoms with Gasteiger partial charge in [-0.15, -0.1) is 0 Å². The van der Waals surface area contributed by atoms with Crippen molar-refractivity contribution in [1.82, 2.24) is 9.88 Å². The van der Waals surface area contributed by atoms with Crippen LogP contribution in [0.25, 0.3) is 53.9 Å². The summed E-state index contributed by atoms with van der Waals surface area (Å²) >= 11 is 4.56. The Hall–Kier alpha value is -4.68. The number of thiocarbonyl (C=S) groups is 1. The number of H-pyrrole nitrogens is 1. The van der Waals surface area contributed by atoms with Gasteiger partial charge in [0.05, 0.1) is 62.5 Å². The van der Waals surface area contributed by atoms with Crippen LogP contribution >= 0.6 is 12.2 Å². The Morgan fingerprint density at radius 3 is 2.02 bits per heavy atom. The molecule has 0 spiro atoms. The summed E-state index contributed by atoms with van der Waals surface area (Å²) in [6.45, 7) is 1.38. The van der Waals surface area contributed by atoms with Crippen LogP contribution in [0.15, 0.2) is 58.1 Å². The Kier molecular flexibility index (Phi) is 7.54. The van der Waals surface area contributed by atoms with Gasteiger partial charge in [-0.2, -0.15) is 0 Å². The number of benzene rings is 5. The molecule has 2 heterocycles. The second-order valence-electron chi connectivity index (χ2n) is 10.8. The Balaban J connectivity index is 1.17. The van der Waals surface area contributed by atoms with E-state index in [1.807, 2.05) is 42.5 Å². The van der Waals surface area contributed by atoms with Crippen LogP contribution in [0.1, 0.15) is 27.1 Å². The van der Waals surface area contributed by atoms with Crippen molar-refractivity contribution in [3.63, 3.8) is 0 Å². The normalized spacial score (nSPS) is 13.4. The minimum absolute atomic E-state index is 0.00274. The Morgan fingerprint density at radius 1 is 0.667 bits per heavy atom. The number of hydrogen-bond acceptors (Lipinski definition) is 9. The quantitative estimate of drug-likeness (QED) is 0.0668. The highest BCUT2D eigenvalue weighted by Gasteiger charge is 2.37. The summed E-state index contributed by atoms with van der Waals surface area (Å²) in [6.07, 6.45) is 0.232. The number of imide groups is 1.